The molecule has 1 spiro atoms. The van der Waals surface area contributed by atoms with Gasteiger partial charge in [0, 0.05) is 32.9 Å². The van der Waals surface area contributed by atoms with Gasteiger partial charge in [0.2, 0.25) is 0 Å². The molecular weight excluding hydrogens is 821 g/mol. The zero-order chi connectivity index (χ0) is 44.9. The molecule has 12 aromatic rings. The van der Waals surface area contributed by atoms with Crippen molar-refractivity contribution in [3.05, 3.63) is 264 Å². The lowest BCUT2D eigenvalue weighted by Gasteiger charge is -2.39. The zero-order valence-corrected chi connectivity index (χ0v) is 37.8. The molecule has 1 unspecified atom stereocenters. The third-order valence-corrected chi connectivity index (χ3v) is 16.0. The Bertz CT molecular complexity index is 4130. The Morgan fingerprint density at radius 2 is 0.926 bits per heavy atom. The molecule has 0 bridgehead atoms. The minimum atomic E-state index is -0.503. The maximum atomic E-state index is 2.52. The van der Waals surface area contributed by atoms with E-state index in [1.54, 1.807) is 0 Å². The van der Waals surface area contributed by atoms with Crippen LogP contribution in [0.25, 0.3) is 82.4 Å². The van der Waals surface area contributed by atoms with E-state index in [1.807, 2.05) is 0 Å². The molecule has 2 heterocycles. The van der Waals surface area contributed by atoms with Gasteiger partial charge in [-0.15, -0.1) is 0 Å². The summed E-state index contributed by atoms with van der Waals surface area (Å²) in [7, 11) is 0. The van der Waals surface area contributed by atoms with Crippen LogP contribution in [0.5, 0.6) is 0 Å². The maximum Gasteiger partial charge on any atom is 0.0754 e. The summed E-state index contributed by atoms with van der Waals surface area (Å²) in [5.41, 5.74) is 22.3. The molecule has 0 radical (unpaired) electrons. The third-order valence-electron chi connectivity index (χ3n) is 16.0. The van der Waals surface area contributed by atoms with Crippen molar-refractivity contribution in [3.8, 4) is 39.1 Å². The number of anilines is 3. The number of nitrogens with zero attached hydrogens (tertiary/aromatic N) is 2. The molecule has 1 aromatic heterocycles. The van der Waals surface area contributed by atoms with Crippen LogP contribution in [0.1, 0.15) is 47.2 Å². The van der Waals surface area contributed by atoms with Gasteiger partial charge in [-0.3, -0.25) is 0 Å². The van der Waals surface area contributed by atoms with Crippen molar-refractivity contribution >= 4 is 60.4 Å². The van der Waals surface area contributed by atoms with Gasteiger partial charge in [-0.2, -0.15) is 0 Å². The smallest absolute Gasteiger partial charge is 0.0754 e. The second-order valence-electron chi connectivity index (χ2n) is 19.6. The first-order valence-corrected chi connectivity index (χ1v) is 23.9. The van der Waals surface area contributed by atoms with Crippen molar-refractivity contribution in [1.29, 1.82) is 0 Å². The standard InChI is InChI=1S/C66H44N2/c1-65(2)55-24-10-7-19-48(55)50-37-35-45(40-59(50)65)67(63-39-43-16-3-4-17-46(43)47-18-5-6-21-52(47)63)44-33-30-41(31-34-44)42-32-36-51-49-20-8-11-25-56(49)66(60(51)38-42)57-26-12-14-29-62(57)68-61-28-13-9-22-53(61)54-23-15-27-58(66)64(54)68/h3-40H,1-2H3. The molecule has 15 rings (SSSR count). The summed E-state index contributed by atoms with van der Waals surface area (Å²) in [6.45, 7) is 4.74. The van der Waals surface area contributed by atoms with Crippen molar-refractivity contribution in [2.75, 3.05) is 4.90 Å². The normalized spacial score (nSPS) is 15.7. The van der Waals surface area contributed by atoms with E-state index in [0.29, 0.717) is 0 Å². The van der Waals surface area contributed by atoms with Crippen LogP contribution in [0.4, 0.5) is 17.1 Å². The van der Waals surface area contributed by atoms with E-state index in [1.165, 1.54) is 121 Å². The van der Waals surface area contributed by atoms with Crippen LogP contribution in [0, 0.1) is 0 Å². The number of hydrogen-bond acceptors (Lipinski definition) is 1. The third kappa shape index (κ3) is 4.81. The number of rotatable bonds is 4. The van der Waals surface area contributed by atoms with Gasteiger partial charge in [-0.1, -0.05) is 196 Å². The van der Waals surface area contributed by atoms with E-state index in [-0.39, 0.29) is 5.41 Å². The molecule has 0 saturated carbocycles. The Kier molecular flexibility index (Phi) is 7.53. The molecule has 1 aliphatic heterocycles. The first-order chi connectivity index (χ1) is 33.5. The second-order valence-corrected chi connectivity index (χ2v) is 19.6. The fourth-order valence-corrected chi connectivity index (χ4v) is 13.0. The SMILES string of the molecule is CC1(C)c2ccccc2-c2ccc(N(c3ccc(-c4ccc5c(c4)C4(c6ccccc6-5)c5ccccc5-n5c6ccccc6c6cccc4c65)cc3)c3cc4ccccc4c4ccccc34)cc21. The monoisotopic (exact) mass is 864 g/mol. The summed E-state index contributed by atoms with van der Waals surface area (Å²) in [5.74, 6) is 0. The van der Waals surface area contributed by atoms with E-state index in [9.17, 15) is 0 Å². The minimum absolute atomic E-state index is 0.131. The van der Waals surface area contributed by atoms with Gasteiger partial charge in [0.05, 0.1) is 27.8 Å². The highest BCUT2D eigenvalue weighted by molar-refractivity contribution is 6.15. The quantitative estimate of drug-likeness (QED) is 0.160. The van der Waals surface area contributed by atoms with E-state index in [0.717, 1.165) is 11.4 Å². The Morgan fingerprint density at radius 3 is 1.76 bits per heavy atom. The molecule has 0 N–H and O–H groups in total. The lowest BCUT2D eigenvalue weighted by atomic mass is 9.65. The largest absolute Gasteiger partial charge is 0.310 e. The summed E-state index contributed by atoms with van der Waals surface area (Å²) in [6.07, 6.45) is 0. The molecule has 68 heavy (non-hydrogen) atoms. The lowest BCUT2D eigenvalue weighted by molar-refractivity contribution is 0.660. The predicted molar refractivity (Wildman–Crippen MR) is 284 cm³/mol. The highest BCUT2D eigenvalue weighted by Gasteiger charge is 2.51. The van der Waals surface area contributed by atoms with E-state index < -0.39 is 5.41 Å². The molecule has 11 aromatic carbocycles. The van der Waals surface area contributed by atoms with Gasteiger partial charge in [-0.05, 0) is 131 Å². The van der Waals surface area contributed by atoms with Crippen LogP contribution in [-0.2, 0) is 10.8 Å². The summed E-state index contributed by atoms with van der Waals surface area (Å²) in [5, 5.41) is 7.56. The van der Waals surface area contributed by atoms with Crippen molar-refractivity contribution in [3.63, 3.8) is 0 Å². The zero-order valence-electron chi connectivity index (χ0n) is 37.8. The topological polar surface area (TPSA) is 8.17 Å². The number of para-hydroxylation sites is 3. The van der Waals surface area contributed by atoms with Crippen molar-refractivity contribution in [2.45, 2.75) is 24.7 Å². The molecule has 2 heteroatoms. The summed E-state index contributed by atoms with van der Waals surface area (Å²) in [4.78, 5) is 2.49. The fraction of sp³-hybridized carbons (Fsp3) is 0.0606. The first-order valence-electron chi connectivity index (χ1n) is 23.9. The minimum Gasteiger partial charge on any atom is -0.310 e. The number of hydrogen-bond donors (Lipinski definition) is 0. The van der Waals surface area contributed by atoms with Crippen LogP contribution in [-0.4, -0.2) is 4.57 Å². The van der Waals surface area contributed by atoms with Crippen LogP contribution in [0.2, 0.25) is 0 Å². The highest BCUT2D eigenvalue weighted by Crippen LogP contribution is 2.61. The van der Waals surface area contributed by atoms with E-state index in [4.69, 9.17) is 0 Å². The molecule has 2 nitrogen and oxygen atoms in total. The summed E-state index contributed by atoms with van der Waals surface area (Å²) >= 11 is 0. The molecule has 2 aliphatic carbocycles. The highest BCUT2D eigenvalue weighted by atomic mass is 15.1. The molecule has 318 valence electrons. The Labute approximate surface area is 395 Å². The Hall–Kier alpha value is -8.46. The van der Waals surface area contributed by atoms with Gasteiger partial charge in [0.1, 0.15) is 0 Å². The summed E-state index contributed by atoms with van der Waals surface area (Å²) < 4.78 is 2.52. The maximum absolute atomic E-state index is 2.52. The molecule has 0 fully saturated rings. The van der Waals surface area contributed by atoms with Gasteiger partial charge >= 0.3 is 0 Å². The van der Waals surface area contributed by atoms with Gasteiger partial charge in [-0.25, -0.2) is 0 Å². The fourth-order valence-electron chi connectivity index (χ4n) is 13.0. The van der Waals surface area contributed by atoms with Crippen molar-refractivity contribution < 1.29 is 0 Å². The van der Waals surface area contributed by atoms with Crippen LogP contribution < -0.4 is 4.90 Å². The number of benzene rings is 11. The number of aromatic nitrogens is 1. The van der Waals surface area contributed by atoms with Gasteiger partial charge < -0.3 is 9.47 Å². The second kappa shape index (κ2) is 13.6. The summed E-state index contributed by atoms with van der Waals surface area (Å²) in [6, 6.07) is 86.9. The van der Waals surface area contributed by atoms with E-state index >= 15 is 0 Å². The first kappa shape index (κ1) is 37.7. The van der Waals surface area contributed by atoms with Crippen LogP contribution in [0.15, 0.2) is 231 Å². The Morgan fingerprint density at radius 1 is 0.353 bits per heavy atom. The van der Waals surface area contributed by atoms with Crippen molar-refractivity contribution in [2.24, 2.45) is 0 Å². The lowest BCUT2D eigenvalue weighted by Crippen LogP contribution is -2.33. The molecule has 0 amide bonds. The van der Waals surface area contributed by atoms with Crippen LogP contribution >= 0.6 is 0 Å². The average molecular weight is 865 g/mol. The predicted octanol–water partition coefficient (Wildman–Crippen LogP) is 17.2. The molecular formula is C66H44N2. The molecule has 3 aliphatic rings. The molecule has 1 atom stereocenters. The van der Waals surface area contributed by atoms with Gasteiger partial charge in [0.25, 0.3) is 0 Å². The number of fused-ring (bicyclic) bond motifs is 18. The van der Waals surface area contributed by atoms with E-state index in [2.05, 4.69) is 254 Å². The average Bonchev–Trinajstić information content (AvgIpc) is 3.97. The molecule has 0 saturated heterocycles. The van der Waals surface area contributed by atoms with Crippen LogP contribution in [0.3, 0.4) is 0 Å². The van der Waals surface area contributed by atoms with Crippen molar-refractivity contribution in [1.82, 2.24) is 4.57 Å². The van der Waals surface area contributed by atoms with Gasteiger partial charge in [0.15, 0.2) is 0 Å². The Balaban J connectivity index is 0.928.